The first-order chi connectivity index (χ1) is 15.0. The third-order valence-electron chi connectivity index (χ3n) is 5.15. The van der Waals surface area contributed by atoms with E-state index in [1.807, 2.05) is 32.0 Å². The Morgan fingerprint density at radius 1 is 1.39 bits per heavy atom. The minimum Gasteiger partial charge on any atom is -0.490 e. The summed E-state index contributed by atoms with van der Waals surface area (Å²) in [5, 5.41) is 25.6. The van der Waals surface area contributed by atoms with Gasteiger partial charge >= 0.3 is 5.97 Å². The normalized spacial score (nSPS) is 15.0. The van der Waals surface area contributed by atoms with Gasteiger partial charge < -0.3 is 19.7 Å². The Labute approximate surface area is 179 Å². The molecular weight excluding hydrogens is 396 g/mol. The van der Waals surface area contributed by atoms with E-state index < -0.39 is 5.97 Å². The second-order valence-electron chi connectivity index (χ2n) is 7.65. The van der Waals surface area contributed by atoms with Crippen molar-refractivity contribution >= 4 is 5.97 Å². The van der Waals surface area contributed by atoms with Crippen LogP contribution in [-0.2, 0) is 11.2 Å². The van der Waals surface area contributed by atoms with Crippen molar-refractivity contribution in [1.82, 2.24) is 15.5 Å². The lowest BCUT2D eigenvalue weighted by atomic mass is 10.0. The van der Waals surface area contributed by atoms with Crippen molar-refractivity contribution in [3.8, 4) is 34.7 Å². The van der Waals surface area contributed by atoms with Gasteiger partial charge in [-0.3, -0.25) is 4.79 Å². The molecule has 1 aliphatic rings. The van der Waals surface area contributed by atoms with Crippen molar-refractivity contribution in [3.63, 3.8) is 0 Å². The standard InChI is InChI=1S/C23H22N4O4/c1-13(2)30-20-9-6-14(10-15(20)11-24)23-26-22(27-31-23)18-5-3-4-17-16(18)7-8-19(17)25-12-21(28)29/h3-6,9-10,13,19,25H,7-8,12H2,1-2H3,(H,28,29). The monoisotopic (exact) mass is 418 g/mol. The van der Waals surface area contributed by atoms with E-state index in [0.29, 0.717) is 28.6 Å². The Kier molecular flexibility index (Phi) is 5.69. The van der Waals surface area contributed by atoms with Gasteiger partial charge in [0.1, 0.15) is 11.8 Å². The molecule has 2 N–H and O–H groups in total. The van der Waals surface area contributed by atoms with Crippen LogP contribution < -0.4 is 10.1 Å². The van der Waals surface area contributed by atoms with Gasteiger partial charge in [0.2, 0.25) is 5.82 Å². The topological polar surface area (TPSA) is 121 Å². The van der Waals surface area contributed by atoms with E-state index in [1.54, 1.807) is 18.2 Å². The molecule has 0 fully saturated rings. The highest BCUT2D eigenvalue weighted by molar-refractivity contribution is 5.70. The number of fused-ring (bicyclic) bond motifs is 1. The average molecular weight is 418 g/mol. The van der Waals surface area contributed by atoms with Gasteiger partial charge in [-0.1, -0.05) is 23.4 Å². The van der Waals surface area contributed by atoms with Crippen LogP contribution in [0.3, 0.4) is 0 Å². The number of ether oxygens (including phenoxy) is 1. The largest absolute Gasteiger partial charge is 0.490 e. The third-order valence-corrected chi connectivity index (χ3v) is 5.15. The Morgan fingerprint density at radius 3 is 2.97 bits per heavy atom. The van der Waals surface area contributed by atoms with E-state index >= 15 is 0 Å². The van der Waals surface area contributed by atoms with Crippen LogP contribution in [0.2, 0.25) is 0 Å². The molecule has 1 heterocycles. The molecule has 8 nitrogen and oxygen atoms in total. The number of hydrogen-bond donors (Lipinski definition) is 2. The van der Waals surface area contributed by atoms with Gasteiger partial charge in [0.15, 0.2) is 0 Å². The first-order valence-corrected chi connectivity index (χ1v) is 10.1. The summed E-state index contributed by atoms with van der Waals surface area (Å²) < 4.78 is 11.2. The predicted molar refractivity (Wildman–Crippen MR) is 112 cm³/mol. The van der Waals surface area contributed by atoms with Crippen molar-refractivity contribution < 1.29 is 19.2 Å². The summed E-state index contributed by atoms with van der Waals surface area (Å²) in [4.78, 5) is 15.4. The molecule has 1 unspecified atom stereocenters. The fourth-order valence-electron chi connectivity index (χ4n) is 3.84. The molecule has 0 spiro atoms. The van der Waals surface area contributed by atoms with Crippen LogP contribution in [0.4, 0.5) is 0 Å². The van der Waals surface area contributed by atoms with Gasteiger partial charge in [0.25, 0.3) is 5.89 Å². The number of carboxylic acids is 1. The molecule has 1 atom stereocenters. The number of aliphatic carboxylic acids is 1. The predicted octanol–water partition coefficient (Wildman–Crippen LogP) is 3.72. The number of nitrogens with zero attached hydrogens (tertiary/aromatic N) is 3. The summed E-state index contributed by atoms with van der Waals surface area (Å²) in [6.07, 6.45) is 1.57. The number of nitriles is 1. The smallest absolute Gasteiger partial charge is 0.317 e. The average Bonchev–Trinajstić information content (AvgIpc) is 3.39. The minimum absolute atomic E-state index is 0.0101. The molecule has 0 saturated heterocycles. The van der Waals surface area contributed by atoms with Gasteiger partial charge in [0, 0.05) is 17.2 Å². The second-order valence-corrected chi connectivity index (χ2v) is 7.65. The fraction of sp³-hybridized carbons (Fsp3) is 0.304. The molecule has 0 saturated carbocycles. The van der Waals surface area contributed by atoms with E-state index in [2.05, 4.69) is 21.5 Å². The lowest BCUT2D eigenvalue weighted by Gasteiger charge is -2.12. The highest BCUT2D eigenvalue weighted by Gasteiger charge is 2.26. The molecular formula is C23H22N4O4. The fourth-order valence-corrected chi connectivity index (χ4v) is 3.84. The van der Waals surface area contributed by atoms with Gasteiger partial charge in [0.05, 0.1) is 18.2 Å². The number of nitrogens with one attached hydrogen (secondary N) is 1. The second kappa shape index (κ2) is 8.58. The summed E-state index contributed by atoms with van der Waals surface area (Å²) in [6, 6.07) is 13.2. The Balaban J connectivity index is 1.62. The summed E-state index contributed by atoms with van der Waals surface area (Å²) in [7, 11) is 0. The molecule has 1 aliphatic carbocycles. The third kappa shape index (κ3) is 4.27. The van der Waals surface area contributed by atoms with Crippen LogP contribution in [0.1, 0.15) is 43.0 Å². The van der Waals surface area contributed by atoms with Crippen molar-refractivity contribution in [2.45, 2.75) is 38.8 Å². The van der Waals surface area contributed by atoms with Crippen LogP contribution in [0.5, 0.6) is 5.75 Å². The maximum atomic E-state index is 10.9. The van der Waals surface area contributed by atoms with Crippen LogP contribution in [-0.4, -0.2) is 33.9 Å². The SMILES string of the molecule is CC(C)Oc1ccc(-c2nc(-c3cccc4c3CCC4NCC(=O)O)no2)cc1C#N. The number of carbonyl (C=O) groups is 1. The maximum Gasteiger partial charge on any atom is 0.317 e. The highest BCUT2D eigenvalue weighted by Crippen LogP contribution is 2.37. The quantitative estimate of drug-likeness (QED) is 0.595. The van der Waals surface area contributed by atoms with E-state index in [-0.39, 0.29) is 18.7 Å². The van der Waals surface area contributed by atoms with Crippen molar-refractivity contribution in [2.24, 2.45) is 0 Å². The van der Waals surface area contributed by atoms with Crippen LogP contribution in [0, 0.1) is 11.3 Å². The zero-order valence-electron chi connectivity index (χ0n) is 17.3. The van der Waals surface area contributed by atoms with Crippen molar-refractivity contribution in [2.75, 3.05) is 6.54 Å². The van der Waals surface area contributed by atoms with E-state index in [1.165, 1.54) is 0 Å². The van der Waals surface area contributed by atoms with E-state index in [9.17, 15) is 10.1 Å². The molecule has 0 amide bonds. The first-order valence-electron chi connectivity index (χ1n) is 10.1. The Morgan fingerprint density at radius 2 is 2.23 bits per heavy atom. The number of benzene rings is 2. The molecule has 2 aromatic carbocycles. The number of carboxylic acid groups (broad SMARTS) is 1. The van der Waals surface area contributed by atoms with Crippen molar-refractivity contribution in [3.05, 3.63) is 53.1 Å². The van der Waals surface area contributed by atoms with Gasteiger partial charge in [-0.05, 0) is 56.0 Å². The van der Waals surface area contributed by atoms with E-state index in [4.69, 9.17) is 14.4 Å². The molecule has 31 heavy (non-hydrogen) atoms. The van der Waals surface area contributed by atoms with Crippen LogP contribution in [0.15, 0.2) is 40.9 Å². The Bertz CT molecular complexity index is 1160. The molecule has 4 rings (SSSR count). The first kappa shape index (κ1) is 20.6. The van der Waals surface area contributed by atoms with Crippen molar-refractivity contribution in [1.29, 1.82) is 5.26 Å². The number of rotatable bonds is 7. The van der Waals surface area contributed by atoms with E-state index in [0.717, 1.165) is 29.5 Å². The maximum absolute atomic E-state index is 10.9. The zero-order chi connectivity index (χ0) is 22.0. The number of hydrogen-bond acceptors (Lipinski definition) is 7. The molecule has 3 aromatic rings. The highest BCUT2D eigenvalue weighted by atomic mass is 16.5. The molecule has 0 radical (unpaired) electrons. The van der Waals surface area contributed by atoms with Gasteiger partial charge in [-0.15, -0.1) is 0 Å². The Hall–Kier alpha value is -3.70. The molecule has 8 heteroatoms. The van der Waals surface area contributed by atoms with Gasteiger partial charge in [-0.25, -0.2) is 0 Å². The van der Waals surface area contributed by atoms with Crippen LogP contribution in [0.25, 0.3) is 22.8 Å². The molecule has 1 aromatic heterocycles. The van der Waals surface area contributed by atoms with Crippen LogP contribution >= 0.6 is 0 Å². The molecule has 0 bridgehead atoms. The lowest BCUT2D eigenvalue weighted by molar-refractivity contribution is -0.136. The molecule has 158 valence electrons. The summed E-state index contributed by atoms with van der Waals surface area (Å²) in [5.41, 5.74) is 4.06. The zero-order valence-corrected chi connectivity index (χ0v) is 17.3. The summed E-state index contributed by atoms with van der Waals surface area (Å²) in [6.45, 7) is 3.72. The lowest BCUT2D eigenvalue weighted by Crippen LogP contribution is -2.25. The summed E-state index contributed by atoms with van der Waals surface area (Å²) >= 11 is 0. The van der Waals surface area contributed by atoms with Gasteiger partial charge in [-0.2, -0.15) is 10.2 Å². The summed E-state index contributed by atoms with van der Waals surface area (Å²) in [5.74, 6) is 0.418. The number of aromatic nitrogens is 2. The molecule has 0 aliphatic heterocycles. The minimum atomic E-state index is -0.881.